The number of hydrogen-bond acceptors (Lipinski definition) is 5. The number of anilines is 1. The number of nitrogens with zero attached hydrogens (tertiary/aromatic N) is 1. The van der Waals surface area contributed by atoms with Crippen molar-refractivity contribution in [2.45, 2.75) is 31.6 Å². The monoisotopic (exact) mass is 448 g/mol. The number of rotatable bonds is 6. The Bertz CT molecular complexity index is 1060. The Morgan fingerprint density at radius 1 is 1.13 bits per heavy atom. The van der Waals surface area contributed by atoms with Crippen molar-refractivity contribution in [3.63, 3.8) is 0 Å². The van der Waals surface area contributed by atoms with Crippen LogP contribution in [-0.2, 0) is 19.6 Å². The first-order valence-corrected chi connectivity index (χ1v) is 11.5. The number of carbonyl (C=O) groups is 2. The van der Waals surface area contributed by atoms with Gasteiger partial charge in [-0.1, -0.05) is 6.07 Å². The molecule has 31 heavy (non-hydrogen) atoms. The number of halogens is 1. The summed E-state index contributed by atoms with van der Waals surface area (Å²) < 4.78 is 44.9. The van der Waals surface area contributed by atoms with Gasteiger partial charge in [-0.3, -0.25) is 4.79 Å². The molecule has 0 aliphatic carbocycles. The summed E-state index contributed by atoms with van der Waals surface area (Å²) in [5, 5.41) is 2.85. The van der Waals surface area contributed by atoms with Crippen molar-refractivity contribution >= 4 is 27.6 Å². The Morgan fingerprint density at radius 2 is 1.77 bits per heavy atom. The normalized spacial score (nSPS) is 15.5. The van der Waals surface area contributed by atoms with Gasteiger partial charge >= 0.3 is 5.97 Å². The van der Waals surface area contributed by atoms with Crippen LogP contribution >= 0.6 is 0 Å². The van der Waals surface area contributed by atoms with Crippen LogP contribution in [0.25, 0.3) is 0 Å². The van der Waals surface area contributed by atoms with Gasteiger partial charge in [0.05, 0.1) is 17.1 Å². The van der Waals surface area contributed by atoms with Crippen molar-refractivity contribution in [2.24, 2.45) is 5.92 Å². The van der Waals surface area contributed by atoms with E-state index in [-0.39, 0.29) is 36.4 Å². The summed E-state index contributed by atoms with van der Waals surface area (Å²) in [5.41, 5.74) is 1.53. The number of sulfonamides is 1. The molecule has 9 heteroatoms. The third-order valence-corrected chi connectivity index (χ3v) is 7.28. The van der Waals surface area contributed by atoms with Gasteiger partial charge in [-0.15, -0.1) is 0 Å². The predicted molar refractivity (Wildman–Crippen MR) is 114 cm³/mol. The number of benzene rings is 2. The minimum absolute atomic E-state index is 0.0307. The second-order valence-electron chi connectivity index (χ2n) is 7.32. The number of esters is 1. The number of carbonyl (C=O) groups excluding carboxylic acids is 2. The van der Waals surface area contributed by atoms with Crippen LogP contribution < -0.4 is 5.32 Å². The summed E-state index contributed by atoms with van der Waals surface area (Å²) in [7, 11) is -3.73. The fraction of sp³-hybridized carbons (Fsp3) is 0.364. The maximum Gasteiger partial charge on any atom is 0.338 e. The van der Waals surface area contributed by atoms with E-state index in [4.69, 9.17) is 4.74 Å². The van der Waals surface area contributed by atoms with Gasteiger partial charge in [0.15, 0.2) is 0 Å². The van der Waals surface area contributed by atoms with E-state index in [0.717, 1.165) is 12.1 Å². The molecule has 1 amide bonds. The van der Waals surface area contributed by atoms with Crippen molar-refractivity contribution in [3.05, 3.63) is 59.4 Å². The van der Waals surface area contributed by atoms with Crippen molar-refractivity contribution in [1.29, 1.82) is 0 Å². The summed E-state index contributed by atoms with van der Waals surface area (Å²) in [5.74, 6) is -1.53. The molecule has 1 saturated heterocycles. The maximum atomic E-state index is 13.1. The van der Waals surface area contributed by atoms with E-state index in [2.05, 4.69) is 5.32 Å². The van der Waals surface area contributed by atoms with E-state index in [1.165, 1.54) is 16.4 Å². The predicted octanol–water partition coefficient (Wildman–Crippen LogP) is 3.35. The van der Waals surface area contributed by atoms with Gasteiger partial charge in [0.25, 0.3) is 0 Å². The molecule has 3 rings (SSSR count). The molecule has 1 aliphatic heterocycles. The van der Waals surface area contributed by atoms with E-state index in [9.17, 15) is 22.4 Å². The molecule has 2 aromatic carbocycles. The van der Waals surface area contributed by atoms with Crippen LogP contribution in [0.3, 0.4) is 0 Å². The zero-order valence-electron chi connectivity index (χ0n) is 17.4. The molecule has 0 spiro atoms. The Hall–Kier alpha value is -2.78. The van der Waals surface area contributed by atoms with Gasteiger partial charge in [0.1, 0.15) is 5.82 Å². The first-order valence-electron chi connectivity index (χ1n) is 10.1. The van der Waals surface area contributed by atoms with Crippen molar-refractivity contribution < 1.29 is 27.1 Å². The van der Waals surface area contributed by atoms with Crippen LogP contribution in [0.2, 0.25) is 0 Å². The summed E-state index contributed by atoms with van der Waals surface area (Å²) >= 11 is 0. The Balaban J connectivity index is 1.64. The highest BCUT2D eigenvalue weighted by Crippen LogP contribution is 2.26. The summed E-state index contributed by atoms with van der Waals surface area (Å²) in [6.07, 6.45) is 0.728. The Morgan fingerprint density at radius 3 is 2.39 bits per heavy atom. The number of nitrogens with one attached hydrogen (secondary N) is 1. The lowest BCUT2D eigenvalue weighted by Gasteiger charge is -2.30. The van der Waals surface area contributed by atoms with Crippen LogP contribution in [0.4, 0.5) is 10.1 Å². The lowest BCUT2D eigenvalue weighted by molar-refractivity contribution is -0.120. The molecular formula is C22H25FN2O5S. The quantitative estimate of drug-likeness (QED) is 0.684. The Kier molecular flexibility index (Phi) is 7.07. The minimum Gasteiger partial charge on any atom is -0.462 e. The van der Waals surface area contributed by atoms with Crippen molar-refractivity contribution in [2.75, 3.05) is 25.0 Å². The molecule has 166 valence electrons. The fourth-order valence-electron chi connectivity index (χ4n) is 3.55. The van der Waals surface area contributed by atoms with Gasteiger partial charge in [0.2, 0.25) is 15.9 Å². The lowest BCUT2D eigenvalue weighted by atomic mass is 9.96. The molecule has 1 N–H and O–H groups in total. The molecule has 1 heterocycles. The third kappa shape index (κ3) is 5.11. The standard InChI is InChI=1S/C22H25FN2O5S/c1-3-30-22(27)19-5-4-6-20(15(19)2)24-21(26)16-11-13-25(14-12-16)31(28,29)18-9-7-17(23)8-10-18/h4-10,16H,3,11-14H2,1-2H3,(H,24,26). The van der Waals surface area contributed by atoms with E-state index in [1.54, 1.807) is 32.0 Å². The summed E-state index contributed by atoms with van der Waals surface area (Å²) in [6, 6.07) is 9.73. The van der Waals surface area contributed by atoms with Crippen LogP contribution in [0.5, 0.6) is 0 Å². The first-order chi connectivity index (χ1) is 14.7. The van der Waals surface area contributed by atoms with E-state index in [1.807, 2.05) is 0 Å². The fourth-order valence-corrected chi connectivity index (χ4v) is 5.02. The van der Waals surface area contributed by atoms with Gasteiger partial charge in [-0.25, -0.2) is 17.6 Å². The average molecular weight is 449 g/mol. The molecule has 7 nitrogen and oxygen atoms in total. The number of ether oxygens (including phenoxy) is 1. The average Bonchev–Trinajstić information content (AvgIpc) is 2.75. The topological polar surface area (TPSA) is 92.8 Å². The highest BCUT2D eigenvalue weighted by Gasteiger charge is 2.32. The highest BCUT2D eigenvalue weighted by molar-refractivity contribution is 7.89. The number of hydrogen-bond donors (Lipinski definition) is 1. The minimum atomic E-state index is -3.73. The molecule has 0 unspecified atom stereocenters. The van der Waals surface area contributed by atoms with Gasteiger partial charge in [0, 0.05) is 24.7 Å². The Labute approximate surface area is 181 Å². The number of amides is 1. The molecular weight excluding hydrogens is 423 g/mol. The molecule has 1 fully saturated rings. The maximum absolute atomic E-state index is 13.1. The summed E-state index contributed by atoms with van der Waals surface area (Å²) in [6.45, 7) is 4.11. The lowest BCUT2D eigenvalue weighted by Crippen LogP contribution is -2.41. The zero-order valence-corrected chi connectivity index (χ0v) is 18.2. The molecule has 0 bridgehead atoms. The second kappa shape index (κ2) is 9.57. The van der Waals surface area contributed by atoms with Crippen LogP contribution in [0, 0.1) is 18.7 Å². The van der Waals surface area contributed by atoms with Crippen molar-refractivity contribution in [3.8, 4) is 0 Å². The van der Waals surface area contributed by atoms with E-state index < -0.39 is 21.8 Å². The third-order valence-electron chi connectivity index (χ3n) is 5.36. The van der Waals surface area contributed by atoms with Gasteiger partial charge in [-0.2, -0.15) is 4.31 Å². The van der Waals surface area contributed by atoms with Crippen LogP contribution in [0.1, 0.15) is 35.7 Å². The molecule has 0 aromatic heterocycles. The van der Waals surface area contributed by atoms with Crippen LogP contribution in [-0.4, -0.2) is 44.3 Å². The SMILES string of the molecule is CCOC(=O)c1cccc(NC(=O)C2CCN(S(=O)(=O)c3ccc(F)cc3)CC2)c1C. The second-order valence-corrected chi connectivity index (χ2v) is 9.26. The molecule has 0 saturated carbocycles. The smallest absolute Gasteiger partial charge is 0.338 e. The summed E-state index contributed by atoms with van der Waals surface area (Å²) in [4.78, 5) is 24.8. The van der Waals surface area contributed by atoms with Crippen LogP contribution in [0.15, 0.2) is 47.4 Å². The highest BCUT2D eigenvalue weighted by atomic mass is 32.2. The number of piperidine rings is 1. The molecule has 0 radical (unpaired) electrons. The largest absolute Gasteiger partial charge is 0.462 e. The van der Waals surface area contributed by atoms with Gasteiger partial charge < -0.3 is 10.1 Å². The molecule has 1 aliphatic rings. The molecule has 2 aromatic rings. The molecule has 0 atom stereocenters. The van der Waals surface area contributed by atoms with Crippen molar-refractivity contribution in [1.82, 2.24) is 4.31 Å². The van der Waals surface area contributed by atoms with Gasteiger partial charge in [-0.05, 0) is 68.7 Å². The van der Waals surface area contributed by atoms with E-state index >= 15 is 0 Å². The first kappa shape index (κ1) is 22.9. The zero-order chi connectivity index (χ0) is 22.6. The van der Waals surface area contributed by atoms with E-state index in [0.29, 0.717) is 29.7 Å².